The van der Waals surface area contributed by atoms with Crippen LogP contribution in [0.3, 0.4) is 0 Å². The van der Waals surface area contributed by atoms with Crippen LogP contribution in [-0.2, 0) is 4.79 Å². The predicted octanol–water partition coefficient (Wildman–Crippen LogP) is 4.44. The van der Waals surface area contributed by atoms with Crippen molar-refractivity contribution in [1.82, 2.24) is 10.2 Å². The van der Waals surface area contributed by atoms with Gasteiger partial charge in [0.25, 0.3) is 5.22 Å². The molecule has 1 amide bonds. The third kappa shape index (κ3) is 4.94. The van der Waals surface area contributed by atoms with Gasteiger partial charge in [-0.05, 0) is 37.1 Å². The van der Waals surface area contributed by atoms with E-state index >= 15 is 0 Å². The van der Waals surface area contributed by atoms with Crippen LogP contribution in [0, 0.1) is 0 Å². The summed E-state index contributed by atoms with van der Waals surface area (Å²) >= 11 is 1.27. The number of hydrogen-bond donors (Lipinski definition) is 1. The van der Waals surface area contributed by atoms with Crippen molar-refractivity contribution in [2.45, 2.75) is 56.6 Å². The quantitative estimate of drug-likeness (QED) is 0.570. The number of rotatable bonds is 7. The molecule has 1 saturated carbocycles. The molecule has 1 fully saturated rings. The van der Waals surface area contributed by atoms with Crippen molar-refractivity contribution in [3.63, 3.8) is 0 Å². The molecule has 0 spiro atoms. The Morgan fingerprint density at radius 2 is 1.88 bits per heavy atom. The van der Waals surface area contributed by atoms with Gasteiger partial charge in [0, 0.05) is 23.6 Å². The van der Waals surface area contributed by atoms with E-state index in [-0.39, 0.29) is 17.4 Å². The van der Waals surface area contributed by atoms with Gasteiger partial charge < -0.3 is 9.73 Å². The van der Waals surface area contributed by atoms with E-state index in [4.69, 9.17) is 4.42 Å². The minimum Gasteiger partial charge on any atom is -0.416 e. The Bertz CT molecular complexity index is 752. The molecule has 1 aliphatic carbocycles. The monoisotopic (exact) mass is 373 g/mol. The standard InChI is InChI=1S/C19H23N3O3S/c1-2-17(24)20-15-10-8-13(9-11-15)16(23)12-26-19-22-21-18(25-19)14-6-4-3-5-7-14/h8-11,14H,2-7,12H2,1H3,(H,20,24). The van der Waals surface area contributed by atoms with Crippen molar-refractivity contribution in [3.8, 4) is 0 Å². The summed E-state index contributed by atoms with van der Waals surface area (Å²) in [5.74, 6) is 1.25. The largest absolute Gasteiger partial charge is 0.416 e. The number of aromatic nitrogens is 2. The first-order valence-electron chi connectivity index (χ1n) is 9.05. The highest BCUT2D eigenvalue weighted by molar-refractivity contribution is 7.99. The second-order valence-electron chi connectivity index (χ2n) is 6.43. The fourth-order valence-electron chi connectivity index (χ4n) is 2.99. The number of ketones is 1. The number of Topliss-reactive ketones (excluding diaryl/α,β-unsaturated/α-hetero) is 1. The van der Waals surface area contributed by atoms with Gasteiger partial charge in [0.1, 0.15) is 0 Å². The first-order valence-corrected chi connectivity index (χ1v) is 10.0. The summed E-state index contributed by atoms with van der Waals surface area (Å²) in [5.41, 5.74) is 1.29. The Morgan fingerprint density at radius 3 is 2.58 bits per heavy atom. The summed E-state index contributed by atoms with van der Waals surface area (Å²) < 4.78 is 5.73. The zero-order valence-electron chi connectivity index (χ0n) is 14.9. The van der Waals surface area contributed by atoms with Gasteiger partial charge in [0.2, 0.25) is 11.8 Å². The van der Waals surface area contributed by atoms with E-state index in [9.17, 15) is 9.59 Å². The molecule has 1 aliphatic rings. The first kappa shape index (κ1) is 18.6. The van der Waals surface area contributed by atoms with E-state index in [1.165, 1.54) is 31.0 Å². The van der Waals surface area contributed by atoms with Crippen molar-refractivity contribution >= 4 is 29.1 Å². The Balaban J connectivity index is 1.52. The number of carbonyl (C=O) groups excluding carboxylic acids is 2. The third-order valence-electron chi connectivity index (χ3n) is 4.51. The molecular weight excluding hydrogens is 350 g/mol. The van der Waals surface area contributed by atoms with E-state index in [1.807, 2.05) is 0 Å². The average Bonchev–Trinajstić information content (AvgIpc) is 3.16. The van der Waals surface area contributed by atoms with Crippen LogP contribution in [-0.4, -0.2) is 27.6 Å². The van der Waals surface area contributed by atoms with Crippen molar-refractivity contribution in [2.24, 2.45) is 0 Å². The number of anilines is 1. The molecule has 0 atom stereocenters. The maximum atomic E-state index is 12.3. The van der Waals surface area contributed by atoms with E-state index in [0.717, 1.165) is 12.8 Å². The molecule has 1 aromatic heterocycles. The number of nitrogens with one attached hydrogen (secondary N) is 1. The Hall–Kier alpha value is -2.15. The summed E-state index contributed by atoms with van der Waals surface area (Å²) in [4.78, 5) is 23.7. The van der Waals surface area contributed by atoms with Gasteiger partial charge >= 0.3 is 0 Å². The third-order valence-corrected chi connectivity index (χ3v) is 5.33. The molecule has 26 heavy (non-hydrogen) atoms. The van der Waals surface area contributed by atoms with E-state index < -0.39 is 0 Å². The second kappa shape index (κ2) is 8.98. The fraction of sp³-hybridized carbons (Fsp3) is 0.474. The molecule has 1 aromatic carbocycles. The predicted molar refractivity (Wildman–Crippen MR) is 101 cm³/mol. The number of amides is 1. The van der Waals surface area contributed by atoms with Gasteiger partial charge in [0.05, 0.1) is 5.75 Å². The van der Waals surface area contributed by atoms with Crippen LogP contribution >= 0.6 is 11.8 Å². The van der Waals surface area contributed by atoms with Crippen molar-refractivity contribution < 1.29 is 14.0 Å². The van der Waals surface area contributed by atoms with Crippen LogP contribution in [0.4, 0.5) is 5.69 Å². The Labute approximate surface area is 157 Å². The lowest BCUT2D eigenvalue weighted by atomic mass is 9.89. The van der Waals surface area contributed by atoms with Crippen LogP contribution in [0.1, 0.15) is 67.6 Å². The Morgan fingerprint density at radius 1 is 1.15 bits per heavy atom. The number of carbonyl (C=O) groups is 2. The van der Waals surface area contributed by atoms with Crippen LogP contribution in [0.2, 0.25) is 0 Å². The lowest BCUT2D eigenvalue weighted by Crippen LogP contribution is -2.09. The molecule has 3 rings (SSSR count). The van der Waals surface area contributed by atoms with Gasteiger partial charge in [-0.2, -0.15) is 0 Å². The summed E-state index contributed by atoms with van der Waals surface area (Å²) in [7, 11) is 0. The number of nitrogens with zero attached hydrogens (tertiary/aromatic N) is 2. The summed E-state index contributed by atoms with van der Waals surface area (Å²) in [6.07, 6.45) is 6.33. The SMILES string of the molecule is CCC(=O)Nc1ccc(C(=O)CSc2nnc(C3CCCCC3)o2)cc1. The van der Waals surface area contributed by atoms with Gasteiger partial charge in [-0.1, -0.05) is 37.9 Å². The Kier molecular flexibility index (Phi) is 6.44. The van der Waals surface area contributed by atoms with Crippen LogP contribution in [0.5, 0.6) is 0 Å². The lowest BCUT2D eigenvalue weighted by molar-refractivity contribution is -0.115. The molecule has 6 nitrogen and oxygen atoms in total. The molecule has 138 valence electrons. The minimum absolute atomic E-state index is 0.0132. The molecule has 1 heterocycles. The topological polar surface area (TPSA) is 85.1 Å². The van der Waals surface area contributed by atoms with Crippen molar-refractivity contribution in [2.75, 3.05) is 11.1 Å². The molecule has 0 radical (unpaired) electrons. The molecule has 0 saturated heterocycles. The normalized spacial score (nSPS) is 15.0. The number of benzene rings is 1. The molecule has 1 N–H and O–H groups in total. The van der Waals surface area contributed by atoms with Crippen LogP contribution < -0.4 is 5.32 Å². The molecule has 0 aliphatic heterocycles. The summed E-state index contributed by atoms with van der Waals surface area (Å²) in [6, 6.07) is 6.91. The lowest BCUT2D eigenvalue weighted by Gasteiger charge is -2.17. The second-order valence-corrected chi connectivity index (χ2v) is 7.36. The first-order chi connectivity index (χ1) is 12.7. The highest BCUT2D eigenvalue weighted by atomic mass is 32.2. The van der Waals surface area contributed by atoms with Gasteiger partial charge in [0.15, 0.2) is 5.78 Å². The van der Waals surface area contributed by atoms with Crippen molar-refractivity contribution in [1.29, 1.82) is 0 Å². The number of thioether (sulfide) groups is 1. The summed E-state index contributed by atoms with van der Waals surface area (Å²) in [6.45, 7) is 1.79. The summed E-state index contributed by atoms with van der Waals surface area (Å²) in [5, 5.41) is 11.4. The molecule has 0 unspecified atom stereocenters. The molecular formula is C19H23N3O3S. The maximum Gasteiger partial charge on any atom is 0.277 e. The molecule has 2 aromatic rings. The zero-order valence-corrected chi connectivity index (χ0v) is 15.7. The highest BCUT2D eigenvalue weighted by Crippen LogP contribution is 2.33. The average molecular weight is 373 g/mol. The zero-order chi connectivity index (χ0) is 18.4. The molecule has 7 heteroatoms. The smallest absolute Gasteiger partial charge is 0.277 e. The highest BCUT2D eigenvalue weighted by Gasteiger charge is 2.21. The van der Waals surface area contributed by atoms with Crippen LogP contribution in [0.25, 0.3) is 0 Å². The van der Waals surface area contributed by atoms with Gasteiger partial charge in [-0.25, -0.2) is 0 Å². The van der Waals surface area contributed by atoms with Crippen molar-refractivity contribution in [3.05, 3.63) is 35.7 Å². The van der Waals surface area contributed by atoms with Gasteiger partial charge in [-0.3, -0.25) is 9.59 Å². The molecule has 0 bridgehead atoms. The van der Waals surface area contributed by atoms with E-state index in [2.05, 4.69) is 15.5 Å². The fourth-order valence-corrected chi connectivity index (χ4v) is 3.66. The van der Waals surface area contributed by atoms with E-state index in [1.54, 1.807) is 31.2 Å². The number of hydrogen-bond acceptors (Lipinski definition) is 6. The minimum atomic E-state index is -0.0511. The maximum absolute atomic E-state index is 12.3. The van der Waals surface area contributed by atoms with Crippen LogP contribution in [0.15, 0.2) is 33.9 Å². The van der Waals surface area contributed by atoms with Gasteiger partial charge in [-0.15, -0.1) is 10.2 Å². The van der Waals surface area contributed by atoms with E-state index in [0.29, 0.717) is 34.7 Å².